The second-order valence-corrected chi connectivity index (χ2v) is 7.67. The normalized spacial score (nSPS) is 14.7. The minimum Gasteiger partial charge on any atom is -0.481 e. The number of aromatic nitrogens is 2. The number of furan rings is 1. The van der Waals surface area contributed by atoms with Crippen LogP contribution >= 0.6 is 0 Å². The van der Waals surface area contributed by atoms with E-state index in [1.54, 1.807) is 0 Å². The van der Waals surface area contributed by atoms with Crippen molar-refractivity contribution in [1.82, 2.24) is 9.97 Å². The van der Waals surface area contributed by atoms with Gasteiger partial charge in [-0.25, -0.2) is 4.98 Å². The number of anilines is 1. The Morgan fingerprint density at radius 2 is 2.00 bits per heavy atom. The fourth-order valence-electron chi connectivity index (χ4n) is 4.08. The quantitative estimate of drug-likeness (QED) is 0.606. The van der Waals surface area contributed by atoms with Gasteiger partial charge in [-0.2, -0.15) is 4.98 Å². The van der Waals surface area contributed by atoms with Crippen molar-refractivity contribution in [3.8, 4) is 11.5 Å². The zero-order valence-electron chi connectivity index (χ0n) is 16.6. The number of carbonyl (C=O) groups is 1. The molecule has 1 aromatic carbocycles. The molecule has 156 valence electrons. The Morgan fingerprint density at radius 1 is 1.13 bits per heavy atom. The summed E-state index contributed by atoms with van der Waals surface area (Å²) in [5.41, 5.74) is 2.84. The van der Waals surface area contributed by atoms with Crippen LogP contribution < -0.4 is 14.8 Å². The van der Waals surface area contributed by atoms with Crippen molar-refractivity contribution in [3.05, 3.63) is 40.9 Å². The molecule has 5 rings (SSSR count). The summed E-state index contributed by atoms with van der Waals surface area (Å²) in [7, 11) is 0. The highest BCUT2D eigenvalue weighted by Crippen LogP contribution is 2.36. The lowest BCUT2D eigenvalue weighted by molar-refractivity contribution is -0.137. The Bertz CT molecular complexity index is 1110. The van der Waals surface area contributed by atoms with E-state index in [0.717, 1.165) is 59.7 Å². The van der Waals surface area contributed by atoms with Crippen molar-refractivity contribution in [2.75, 3.05) is 12.1 Å². The number of carboxylic acid groups (broad SMARTS) is 1. The molecule has 8 heteroatoms. The largest absolute Gasteiger partial charge is 0.481 e. The van der Waals surface area contributed by atoms with Crippen molar-refractivity contribution in [1.29, 1.82) is 0 Å². The number of carboxylic acids is 1. The smallest absolute Gasteiger partial charge is 0.303 e. The van der Waals surface area contributed by atoms with E-state index in [2.05, 4.69) is 10.3 Å². The minimum atomic E-state index is -0.814. The molecule has 0 spiro atoms. The van der Waals surface area contributed by atoms with E-state index >= 15 is 0 Å². The highest BCUT2D eigenvalue weighted by molar-refractivity contribution is 5.90. The first-order valence-corrected chi connectivity index (χ1v) is 10.3. The van der Waals surface area contributed by atoms with Crippen molar-refractivity contribution in [3.63, 3.8) is 0 Å². The lowest BCUT2D eigenvalue weighted by atomic mass is 9.96. The van der Waals surface area contributed by atoms with Gasteiger partial charge in [0.1, 0.15) is 17.4 Å². The maximum atomic E-state index is 10.9. The summed E-state index contributed by atoms with van der Waals surface area (Å²) in [6.45, 7) is 0.816. The first kappa shape index (κ1) is 18.7. The third kappa shape index (κ3) is 3.65. The fraction of sp³-hybridized carbons (Fsp3) is 0.409. The van der Waals surface area contributed by atoms with E-state index in [1.807, 2.05) is 18.2 Å². The molecule has 2 aromatic heterocycles. The van der Waals surface area contributed by atoms with Crippen molar-refractivity contribution >= 4 is 22.9 Å². The van der Waals surface area contributed by atoms with Gasteiger partial charge >= 0.3 is 5.97 Å². The molecule has 0 saturated carbocycles. The number of rotatable bonds is 7. The van der Waals surface area contributed by atoms with Gasteiger partial charge < -0.3 is 24.3 Å². The molecule has 0 saturated heterocycles. The van der Waals surface area contributed by atoms with E-state index in [4.69, 9.17) is 24.0 Å². The van der Waals surface area contributed by atoms with Gasteiger partial charge in [-0.05, 0) is 43.4 Å². The third-order valence-corrected chi connectivity index (χ3v) is 5.55. The molecule has 1 aliphatic heterocycles. The first-order chi connectivity index (χ1) is 14.7. The molecular weight excluding hydrogens is 386 g/mol. The van der Waals surface area contributed by atoms with Gasteiger partial charge in [-0.1, -0.05) is 6.07 Å². The summed E-state index contributed by atoms with van der Waals surface area (Å²) in [6, 6.07) is 5.87. The highest BCUT2D eigenvalue weighted by atomic mass is 16.7. The molecule has 0 amide bonds. The summed E-state index contributed by atoms with van der Waals surface area (Å²) in [6.07, 6.45) is 5.20. The molecule has 30 heavy (non-hydrogen) atoms. The van der Waals surface area contributed by atoms with Crippen LogP contribution in [0.25, 0.3) is 11.1 Å². The zero-order chi connectivity index (χ0) is 20.5. The molecule has 3 aromatic rings. The van der Waals surface area contributed by atoms with Crippen LogP contribution in [0, 0.1) is 0 Å². The van der Waals surface area contributed by atoms with Gasteiger partial charge in [-0.15, -0.1) is 0 Å². The van der Waals surface area contributed by atoms with E-state index < -0.39 is 5.97 Å². The maximum absolute atomic E-state index is 10.9. The summed E-state index contributed by atoms with van der Waals surface area (Å²) < 4.78 is 16.9. The molecule has 0 bridgehead atoms. The standard InChI is InChI=1S/C22H23N3O5/c26-19(27)7-3-6-18-24-21(20-14-4-1-2-5-15(14)30-22(20)25-18)23-11-13-8-9-16-17(10-13)29-12-28-16/h8-10H,1-7,11-12H2,(H,26,27)(H,23,24,25). The molecule has 0 fully saturated rings. The molecule has 2 N–H and O–H groups in total. The fourth-order valence-corrected chi connectivity index (χ4v) is 4.08. The van der Waals surface area contributed by atoms with E-state index in [-0.39, 0.29) is 13.2 Å². The van der Waals surface area contributed by atoms with Crippen LogP contribution in [0.1, 0.15) is 48.4 Å². The van der Waals surface area contributed by atoms with Crippen molar-refractivity contribution in [2.45, 2.75) is 51.5 Å². The number of aryl methyl sites for hydroxylation is 3. The van der Waals surface area contributed by atoms with Gasteiger partial charge in [0.15, 0.2) is 11.5 Å². The molecule has 8 nitrogen and oxygen atoms in total. The number of hydrogen-bond donors (Lipinski definition) is 2. The highest BCUT2D eigenvalue weighted by Gasteiger charge is 2.23. The van der Waals surface area contributed by atoms with Crippen LogP contribution in [0.3, 0.4) is 0 Å². The number of fused-ring (bicyclic) bond motifs is 4. The molecule has 1 aliphatic carbocycles. The predicted octanol–water partition coefficient (Wildman–Crippen LogP) is 3.85. The van der Waals surface area contributed by atoms with Crippen LogP contribution in [0.4, 0.5) is 5.82 Å². The van der Waals surface area contributed by atoms with Crippen LogP contribution in [0.5, 0.6) is 11.5 Å². The van der Waals surface area contributed by atoms with Crippen LogP contribution in [0.2, 0.25) is 0 Å². The Kier molecular flexibility index (Phi) is 4.90. The Labute approximate surface area is 173 Å². The first-order valence-electron chi connectivity index (χ1n) is 10.3. The van der Waals surface area contributed by atoms with Crippen LogP contribution in [-0.2, 0) is 30.6 Å². The summed E-state index contributed by atoms with van der Waals surface area (Å²) in [4.78, 5) is 20.2. The molecule has 2 aliphatic rings. The predicted molar refractivity (Wildman–Crippen MR) is 109 cm³/mol. The Balaban J connectivity index is 1.44. The van der Waals surface area contributed by atoms with Crippen LogP contribution in [-0.4, -0.2) is 27.8 Å². The SMILES string of the molecule is O=C(O)CCCc1nc(NCc2ccc3c(c2)OCO3)c2c3c(oc2n1)CCCC3. The van der Waals surface area contributed by atoms with Gasteiger partial charge in [0, 0.05) is 31.4 Å². The number of aliphatic carboxylic acids is 1. The lowest BCUT2D eigenvalue weighted by Crippen LogP contribution is -2.07. The molecular formula is C22H23N3O5. The summed E-state index contributed by atoms with van der Waals surface area (Å²) in [5, 5.41) is 13.3. The van der Waals surface area contributed by atoms with E-state index in [1.165, 1.54) is 5.56 Å². The van der Waals surface area contributed by atoms with E-state index in [0.29, 0.717) is 30.9 Å². The number of ether oxygens (including phenoxy) is 2. The summed E-state index contributed by atoms with van der Waals surface area (Å²) in [5.74, 6) is 3.04. The lowest BCUT2D eigenvalue weighted by Gasteiger charge is -2.12. The van der Waals surface area contributed by atoms with Gasteiger partial charge in [0.2, 0.25) is 12.5 Å². The van der Waals surface area contributed by atoms with E-state index in [9.17, 15) is 4.79 Å². The monoisotopic (exact) mass is 409 g/mol. The van der Waals surface area contributed by atoms with Crippen molar-refractivity contribution in [2.24, 2.45) is 0 Å². The van der Waals surface area contributed by atoms with Gasteiger partial charge in [0.05, 0.1) is 5.39 Å². The van der Waals surface area contributed by atoms with Gasteiger partial charge in [-0.3, -0.25) is 4.79 Å². The number of benzene rings is 1. The molecule has 0 unspecified atom stereocenters. The average molecular weight is 409 g/mol. The Morgan fingerprint density at radius 3 is 2.90 bits per heavy atom. The topological polar surface area (TPSA) is 107 Å². The maximum Gasteiger partial charge on any atom is 0.303 e. The second kappa shape index (κ2) is 7.85. The average Bonchev–Trinajstić information content (AvgIpc) is 3.35. The second-order valence-electron chi connectivity index (χ2n) is 7.67. The number of hydrogen-bond acceptors (Lipinski definition) is 7. The number of nitrogens with one attached hydrogen (secondary N) is 1. The third-order valence-electron chi connectivity index (χ3n) is 5.55. The summed E-state index contributed by atoms with van der Waals surface area (Å²) >= 11 is 0. The minimum absolute atomic E-state index is 0.0933. The Hall–Kier alpha value is -3.29. The molecule has 0 radical (unpaired) electrons. The number of nitrogens with zero attached hydrogens (tertiary/aromatic N) is 2. The zero-order valence-corrected chi connectivity index (χ0v) is 16.6. The van der Waals surface area contributed by atoms with Crippen molar-refractivity contribution < 1.29 is 23.8 Å². The molecule has 0 atom stereocenters. The van der Waals surface area contributed by atoms with Gasteiger partial charge in [0.25, 0.3) is 0 Å². The van der Waals surface area contributed by atoms with Crippen LogP contribution in [0.15, 0.2) is 22.6 Å². The molecule has 3 heterocycles.